The maximum Gasteiger partial charge on any atom is 0.215 e. The number of aromatic hydroxyl groups is 1. The summed E-state index contributed by atoms with van der Waals surface area (Å²) in [5, 5.41) is 9.71. The van der Waals surface area contributed by atoms with Crippen LogP contribution in [0.5, 0.6) is 11.5 Å². The smallest absolute Gasteiger partial charge is 0.215 e. The molecule has 0 aliphatic carbocycles. The lowest BCUT2D eigenvalue weighted by Crippen LogP contribution is -2.10. The Labute approximate surface area is 105 Å². The summed E-state index contributed by atoms with van der Waals surface area (Å²) in [5.74, 6) is 0.240. The lowest BCUT2D eigenvalue weighted by Gasteiger charge is -2.09. The molecule has 1 aliphatic heterocycles. The van der Waals surface area contributed by atoms with Crippen LogP contribution < -0.4 is 4.74 Å². The zero-order valence-corrected chi connectivity index (χ0v) is 9.88. The lowest BCUT2D eigenvalue weighted by molar-refractivity contribution is 0.0857. The number of hydrogen-bond donors (Lipinski definition) is 1. The van der Waals surface area contributed by atoms with Gasteiger partial charge in [0.1, 0.15) is 17.1 Å². The van der Waals surface area contributed by atoms with Gasteiger partial charge >= 0.3 is 0 Å². The van der Waals surface area contributed by atoms with Crippen LogP contribution in [0.1, 0.15) is 27.6 Å². The number of rotatable bonds is 1. The summed E-state index contributed by atoms with van der Waals surface area (Å²) in [4.78, 5) is 12.2. The SMILES string of the molecule is Cc1ccc(C2Oc3cccc(O)c3C2=O)cc1. The minimum absolute atomic E-state index is 0.0212. The third kappa shape index (κ3) is 1.56. The normalized spacial score (nSPS) is 17.4. The van der Waals surface area contributed by atoms with Gasteiger partial charge < -0.3 is 9.84 Å². The average molecular weight is 240 g/mol. The van der Waals surface area contributed by atoms with Crippen molar-refractivity contribution in [1.29, 1.82) is 0 Å². The third-order valence-corrected chi connectivity index (χ3v) is 3.11. The number of Topliss-reactive ketones (excluding diaryl/α,β-unsaturated/α-hetero) is 1. The number of phenolic OH excluding ortho intramolecular Hbond substituents is 1. The van der Waals surface area contributed by atoms with Crippen LogP contribution in [0.25, 0.3) is 0 Å². The number of ether oxygens (including phenoxy) is 1. The molecular formula is C15H12O3. The number of phenols is 1. The van der Waals surface area contributed by atoms with Crippen molar-refractivity contribution in [3.05, 3.63) is 59.2 Å². The molecule has 90 valence electrons. The molecule has 2 aromatic carbocycles. The summed E-state index contributed by atoms with van der Waals surface area (Å²) in [6.45, 7) is 1.99. The molecule has 3 heteroatoms. The van der Waals surface area contributed by atoms with Crippen molar-refractivity contribution in [2.24, 2.45) is 0 Å². The van der Waals surface area contributed by atoms with E-state index >= 15 is 0 Å². The maximum absolute atomic E-state index is 12.2. The van der Waals surface area contributed by atoms with Crippen molar-refractivity contribution in [2.45, 2.75) is 13.0 Å². The Morgan fingerprint density at radius 1 is 1.11 bits per heavy atom. The predicted molar refractivity (Wildman–Crippen MR) is 67.0 cm³/mol. The summed E-state index contributed by atoms with van der Waals surface area (Å²) in [6, 6.07) is 12.5. The van der Waals surface area contributed by atoms with Crippen LogP contribution in [-0.4, -0.2) is 10.9 Å². The van der Waals surface area contributed by atoms with Crippen molar-refractivity contribution >= 4 is 5.78 Å². The van der Waals surface area contributed by atoms with E-state index in [0.717, 1.165) is 11.1 Å². The summed E-state index contributed by atoms with van der Waals surface area (Å²) in [6.07, 6.45) is -0.645. The monoisotopic (exact) mass is 240 g/mol. The largest absolute Gasteiger partial charge is 0.507 e. The van der Waals surface area contributed by atoms with Gasteiger partial charge in [0.15, 0.2) is 6.10 Å². The molecule has 1 aliphatic rings. The number of fused-ring (bicyclic) bond motifs is 1. The van der Waals surface area contributed by atoms with Gasteiger partial charge in [0, 0.05) is 5.56 Å². The van der Waals surface area contributed by atoms with Crippen molar-refractivity contribution in [3.8, 4) is 11.5 Å². The standard InChI is InChI=1S/C15H12O3/c1-9-5-7-10(8-6-9)15-14(17)13-11(16)3-2-4-12(13)18-15/h2-8,15-16H,1H3. The fourth-order valence-corrected chi connectivity index (χ4v) is 2.14. The van der Waals surface area contributed by atoms with Crippen LogP contribution in [0.15, 0.2) is 42.5 Å². The van der Waals surface area contributed by atoms with Gasteiger partial charge in [0.05, 0.1) is 0 Å². The van der Waals surface area contributed by atoms with E-state index in [0.29, 0.717) is 5.75 Å². The molecule has 1 atom stereocenters. The molecule has 0 saturated heterocycles. The average Bonchev–Trinajstić information content (AvgIpc) is 2.69. The number of benzene rings is 2. The lowest BCUT2D eigenvalue weighted by atomic mass is 10.0. The van der Waals surface area contributed by atoms with Crippen LogP contribution in [0, 0.1) is 6.92 Å². The Kier molecular flexibility index (Phi) is 2.33. The molecule has 0 aromatic heterocycles. The first-order valence-electron chi connectivity index (χ1n) is 5.76. The molecule has 18 heavy (non-hydrogen) atoms. The molecule has 1 heterocycles. The highest BCUT2D eigenvalue weighted by Gasteiger charge is 2.35. The zero-order chi connectivity index (χ0) is 12.7. The van der Waals surface area contributed by atoms with Gasteiger partial charge in [-0.05, 0) is 19.1 Å². The molecule has 1 N–H and O–H groups in total. The maximum atomic E-state index is 12.2. The predicted octanol–water partition coefficient (Wildman–Crippen LogP) is 3.02. The highest BCUT2D eigenvalue weighted by Crippen LogP contribution is 2.40. The van der Waals surface area contributed by atoms with Crippen molar-refractivity contribution < 1.29 is 14.6 Å². The van der Waals surface area contributed by atoms with Gasteiger partial charge in [-0.3, -0.25) is 4.79 Å². The second kappa shape index (κ2) is 3.88. The Bertz CT molecular complexity index is 614. The van der Waals surface area contributed by atoms with Crippen LogP contribution in [0.4, 0.5) is 0 Å². The minimum Gasteiger partial charge on any atom is -0.507 e. The number of ketones is 1. The van der Waals surface area contributed by atoms with Crippen molar-refractivity contribution in [3.63, 3.8) is 0 Å². The molecule has 0 amide bonds. The minimum atomic E-state index is -0.645. The number of carbonyl (C=O) groups excluding carboxylic acids is 1. The first-order chi connectivity index (χ1) is 8.66. The topological polar surface area (TPSA) is 46.5 Å². The van der Waals surface area contributed by atoms with Crippen LogP contribution in [-0.2, 0) is 0 Å². The van der Waals surface area contributed by atoms with Crippen LogP contribution in [0.3, 0.4) is 0 Å². The van der Waals surface area contributed by atoms with E-state index in [1.165, 1.54) is 6.07 Å². The van der Waals surface area contributed by atoms with E-state index in [1.807, 2.05) is 31.2 Å². The van der Waals surface area contributed by atoms with E-state index in [2.05, 4.69) is 0 Å². The molecule has 0 saturated carbocycles. The quantitative estimate of drug-likeness (QED) is 0.833. The van der Waals surface area contributed by atoms with Gasteiger partial charge in [-0.2, -0.15) is 0 Å². The van der Waals surface area contributed by atoms with Gasteiger partial charge in [-0.25, -0.2) is 0 Å². The van der Waals surface area contributed by atoms with E-state index in [-0.39, 0.29) is 17.1 Å². The summed E-state index contributed by atoms with van der Waals surface area (Å²) < 4.78 is 5.62. The van der Waals surface area contributed by atoms with Crippen LogP contribution >= 0.6 is 0 Å². The summed E-state index contributed by atoms with van der Waals surface area (Å²) in [5.41, 5.74) is 2.22. The van der Waals surface area contributed by atoms with Gasteiger partial charge in [0.2, 0.25) is 5.78 Å². The van der Waals surface area contributed by atoms with Gasteiger partial charge in [0.25, 0.3) is 0 Å². The molecule has 3 rings (SSSR count). The Balaban J connectivity index is 2.02. The molecular weight excluding hydrogens is 228 g/mol. The molecule has 0 spiro atoms. The first kappa shape index (κ1) is 10.8. The van der Waals surface area contributed by atoms with E-state index in [9.17, 15) is 9.90 Å². The highest BCUT2D eigenvalue weighted by molar-refractivity contribution is 6.07. The third-order valence-electron chi connectivity index (χ3n) is 3.11. The molecule has 0 bridgehead atoms. The summed E-state index contributed by atoms with van der Waals surface area (Å²) >= 11 is 0. The van der Waals surface area contributed by atoms with E-state index in [4.69, 9.17) is 4.74 Å². The Morgan fingerprint density at radius 3 is 2.50 bits per heavy atom. The molecule has 0 radical (unpaired) electrons. The molecule has 0 fully saturated rings. The zero-order valence-electron chi connectivity index (χ0n) is 9.88. The van der Waals surface area contributed by atoms with Gasteiger partial charge in [-0.15, -0.1) is 0 Å². The van der Waals surface area contributed by atoms with Gasteiger partial charge in [-0.1, -0.05) is 35.9 Å². The summed E-state index contributed by atoms with van der Waals surface area (Å²) in [7, 11) is 0. The van der Waals surface area contributed by atoms with E-state index < -0.39 is 6.10 Å². The fraction of sp³-hybridized carbons (Fsp3) is 0.133. The number of hydrogen-bond acceptors (Lipinski definition) is 3. The molecule has 2 aromatic rings. The van der Waals surface area contributed by atoms with Crippen molar-refractivity contribution in [2.75, 3.05) is 0 Å². The second-order valence-electron chi connectivity index (χ2n) is 4.42. The Morgan fingerprint density at radius 2 is 1.83 bits per heavy atom. The first-order valence-corrected chi connectivity index (χ1v) is 5.76. The molecule has 3 nitrogen and oxygen atoms in total. The highest BCUT2D eigenvalue weighted by atomic mass is 16.5. The molecule has 1 unspecified atom stereocenters. The van der Waals surface area contributed by atoms with Crippen LogP contribution in [0.2, 0.25) is 0 Å². The Hall–Kier alpha value is -2.29. The van der Waals surface area contributed by atoms with E-state index in [1.54, 1.807) is 12.1 Å². The number of carbonyl (C=O) groups is 1. The fourth-order valence-electron chi connectivity index (χ4n) is 2.14. The van der Waals surface area contributed by atoms with Crippen molar-refractivity contribution in [1.82, 2.24) is 0 Å². The second-order valence-corrected chi connectivity index (χ2v) is 4.42. The number of aryl methyl sites for hydroxylation is 1.